The summed E-state index contributed by atoms with van der Waals surface area (Å²) in [5.74, 6) is -0.211. The van der Waals surface area contributed by atoms with E-state index >= 15 is 0 Å². The smallest absolute Gasteiger partial charge is 0.756 e. The fraction of sp³-hybridized carbons (Fsp3) is 0.750. The maximum absolute atomic E-state index is 9.82. The quantitative estimate of drug-likeness (QED) is 0.267. The van der Waals surface area contributed by atoms with Gasteiger partial charge in [0.1, 0.15) is 0 Å². The molecule has 0 spiro atoms. The van der Waals surface area contributed by atoms with E-state index in [0.29, 0.717) is 6.61 Å². The van der Waals surface area contributed by atoms with E-state index in [0.717, 1.165) is 0 Å². The van der Waals surface area contributed by atoms with Gasteiger partial charge < -0.3 is 19.4 Å². The van der Waals surface area contributed by atoms with Gasteiger partial charge in [-0.25, -0.2) is 0 Å². The Labute approximate surface area is 113 Å². The van der Waals surface area contributed by atoms with E-state index in [-0.39, 0.29) is 57.4 Å². The summed E-state index contributed by atoms with van der Waals surface area (Å²) in [7, 11) is -4.89. The van der Waals surface area contributed by atoms with Crippen LogP contribution in [-0.2, 0) is 14.1 Å². The molecule has 68 valence electrons. The van der Waals surface area contributed by atoms with Crippen LogP contribution in [0, 0.1) is 0 Å². The molecule has 0 aromatic heterocycles. The number of phosphoric acid groups is 1. The van der Waals surface area contributed by atoms with Crippen molar-refractivity contribution in [2.45, 2.75) is 13.8 Å². The number of carbonyl (C=O) groups is 1. The van der Waals surface area contributed by atoms with E-state index in [1.807, 2.05) is 0 Å². The third-order valence-corrected chi connectivity index (χ3v) is 0.348. The van der Waals surface area contributed by atoms with Crippen molar-refractivity contribution < 1.29 is 80.2 Å². The predicted molar refractivity (Wildman–Crippen MR) is 34.4 cm³/mol. The first-order chi connectivity index (χ1) is 4.77. The van der Waals surface area contributed by atoms with Crippen molar-refractivity contribution in [1.82, 2.24) is 0 Å². The standard InChI is InChI=1S/C4H8O2.K.H3O4P/c1-3-6-4(2)5;;1-5(2,3)4/h3H2,1-2H3;;(H3,1,2,3,4)/q;+1;/p-1. The summed E-state index contributed by atoms with van der Waals surface area (Å²) in [5, 5.41) is 0. The van der Waals surface area contributed by atoms with Gasteiger partial charge in [-0.15, -0.1) is 0 Å². The van der Waals surface area contributed by atoms with Crippen LogP contribution in [0.25, 0.3) is 0 Å². The first-order valence-corrected chi connectivity index (χ1v) is 4.20. The molecule has 0 aliphatic heterocycles. The number of ether oxygens (including phenoxy) is 1. The minimum atomic E-state index is -4.89. The third-order valence-electron chi connectivity index (χ3n) is 0.348. The van der Waals surface area contributed by atoms with Crippen LogP contribution in [0.1, 0.15) is 13.8 Å². The molecule has 0 aromatic rings. The van der Waals surface area contributed by atoms with Crippen LogP contribution in [0.4, 0.5) is 0 Å². The summed E-state index contributed by atoms with van der Waals surface area (Å²) >= 11 is 0. The minimum Gasteiger partial charge on any atom is -0.756 e. The van der Waals surface area contributed by atoms with E-state index in [1.165, 1.54) is 6.92 Å². The molecule has 0 amide bonds. The molecule has 0 aliphatic carbocycles. The monoisotopic (exact) mass is 224 g/mol. The molecule has 0 unspecified atom stereocenters. The topological polar surface area (TPSA) is 107 Å². The summed E-state index contributed by atoms with van der Waals surface area (Å²) in [6.07, 6.45) is 0. The zero-order valence-electron chi connectivity index (χ0n) is 7.18. The van der Waals surface area contributed by atoms with Crippen LogP contribution in [0.5, 0.6) is 0 Å². The SMILES string of the molecule is CCOC(C)=O.O=P([O-])(O)O.[K+]. The Kier molecular flexibility index (Phi) is 16.2. The van der Waals surface area contributed by atoms with Crippen LogP contribution < -0.4 is 56.3 Å². The van der Waals surface area contributed by atoms with Gasteiger partial charge in [0, 0.05) is 6.92 Å². The van der Waals surface area contributed by atoms with Gasteiger partial charge in [0.05, 0.1) is 6.61 Å². The Morgan fingerprint density at radius 1 is 1.58 bits per heavy atom. The van der Waals surface area contributed by atoms with E-state index in [2.05, 4.69) is 4.74 Å². The van der Waals surface area contributed by atoms with Gasteiger partial charge in [0.2, 0.25) is 0 Å². The van der Waals surface area contributed by atoms with Gasteiger partial charge >= 0.3 is 57.4 Å². The van der Waals surface area contributed by atoms with Crippen molar-refractivity contribution in [3.63, 3.8) is 0 Å². The third kappa shape index (κ3) is 65.9. The molecular weight excluding hydrogens is 214 g/mol. The molecule has 2 N–H and O–H groups in total. The first-order valence-electron chi connectivity index (χ1n) is 2.67. The zero-order chi connectivity index (χ0) is 9.49. The van der Waals surface area contributed by atoms with Gasteiger partial charge in [-0.2, -0.15) is 0 Å². The van der Waals surface area contributed by atoms with Crippen LogP contribution in [0.2, 0.25) is 0 Å². The first kappa shape index (κ1) is 18.9. The molecule has 0 saturated heterocycles. The van der Waals surface area contributed by atoms with Gasteiger partial charge in [0.15, 0.2) is 0 Å². The zero-order valence-corrected chi connectivity index (χ0v) is 11.2. The number of hydrogen-bond acceptors (Lipinski definition) is 4. The average Bonchev–Trinajstić information content (AvgIpc) is 1.58. The van der Waals surface area contributed by atoms with Crippen molar-refractivity contribution in [3.05, 3.63) is 0 Å². The number of hydrogen-bond donors (Lipinski definition) is 2. The van der Waals surface area contributed by atoms with E-state index in [4.69, 9.17) is 19.2 Å². The molecule has 6 nitrogen and oxygen atoms in total. The van der Waals surface area contributed by atoms with Gasteiger partial charge in [-0.3, -0.25) is 9.36 Å². The van der Waals surface area contributed by atoms with Crippen molar-refractivity contribution in [2.24, 2.45) is 0 Å². The molecule has 0 aromatic carbocycles. The average molecular weight is 224 g/mol. The normalized spacial score (nSPS) is 8.75. The van der Waals surface area contributed by atoms with Gasteiger partial charge in [-0.1, -0.05) is 0 Å². The van der Waals surface area contributed by atoms with Crippen molar-refractivity contribution in [1.29, 1.82) is 0 Å². The summed E-state index contributed by atoms with van der Waals surface area (Å²) in [5.41, 5.74) is 0. The van der Waals surface area contributed by atoms with Gasteiger partial charge in [0.25, 0.3) is 7.82 Å². The van der Waals surface area contributed by atoms with Crippen molar-refractivity contribution in [2.75, 3.05) is 6.61 Å². The molecule has 0 atom stereocenters. The molecule has 0 aliphatic rings. The summed E-state index contributed by atoms with van der Waals surface area (Å²) in [6.45, 7) is 3.65. The summed E-state index contributed by atoms with van der Waals surface area (Å²) in [4.78, 5) is 32.7. The second-order valence-corrected chi connectivity index (χ2v) is 2.40. The van der Waals surface area contributed by atoms with Crippen LogP contribution in [0.3, 0.4) is 0 Å². The Morgan fingerprint density at radius 2 is 1.83 bits per heavy atom. The number of esters is 1. The van der Waals surface area contributed by atoms with E-state index < -0.39 is 7.82 Å². The predicted octanol–water partition coefficient (Wildman–Crippen LogP) is -3.99. The van der Waals surface area contributed by atoms with Crippen LogP contribution in [0.15, 0.2) is 0 Å². The van der Waals surface area contributed by atoms with Crippen molar-refractivity contribution in [3.8, 4) is 0 Å². The van der Waals surface area contributed by atoms with Gasteiger partial charge in [-0.05, 0) is 6.92 Å². The fourth-order valence-corrected chi connectivity index (χ4v) is 0.203. The molecule has 0 radical (unpaired) electrons. The molecular formula is C4H10KO6P. The minimum absolute atomic E-state index is 0. The second-order valence-electron chi connectivity index (χ2n) is 1.42. The maximum Gasteiger partial charge on any atom is 1.00 e. The van der Waals surface area contributed by atoms with Crippen molar-refractivity contribution >= 4 is 13.8 Å². The van der Waals surface area contributed by atoms with Crippen LogP contribution in [-0.4, -0.2) is 22.4 Å². The molecule has 0 bridgehead atoms. The molecule has 0 saturated carbocycles. The Hall–Kier alpha value is 1.22. The van der Waals surface area contributed by atoms with E-state index in [9.17, 15) is 4.79 Å². The number of carbonyl (C=O) groups excluding carboxylic acids is 1. The maximum atomic E-state index is 9.82. The Bertz CT molecular complexity index is 145. The molecule has 8 heteroatoms. The van der Waals surface area contributed by atoms with E-state index in [1.54, 1.807) is 6.92 Å². The molecule has 0 heterocycles. The Balaban J connectivity index is -0.000000126. The summed E-state index contributed by atoms with van der Waals surface area (Å²) in [6, 6.07) is 0. The molecule has 12 heavy (non-hydrogen) atoms. The Morgan fingerprint density at radius 3 is 1.83 bits per heavy atom. The second kappa shape index (κ2) is 10.3. The molecule has 0 rings (SSSR count). The fourth-order valence-electron chi connectivity index (χ4n) is 0.203. The molecule has 0 fully saturated rings. The largest absolute Gasteiger partial charge is 1.00 e. The number of rotatable bonds is 1. The summed E-state index contributed by atoms with van der Waals surface area (Å²) < 4.78 is 13.2. The van der Waals surface area contributed by atoms with Crippen LogP contribution >= 0.6 is 7.82 Å².